The van der Waals surface area contributed by atoms with Crippen LogP contribution in [-0.4, -0.2) is 77.3 Å². The molecule has 2 aliphatic heterocycles. The van der Waals surface area contributed by atoms with Crippen LogP contribution in [0.2, 0.25) is 0 Å². The second-order valence-electron chi connectivity index (χ2n) is 8.15. The van der Waals surface area contributed by atoms with Crippen molar-refractivity contribution in [1.29, 1.82) is 0 Å². The number of rotatable bonds is 4. The first-order valence-corrected chi connectivity index (χ1v) is 10.7. The van der Waals surface area contributed by atoms with Crippen LogP contribution >= 0.6 is 0 Å². The summed E-state index contributed by atoms with van der Waals surface area (Å²) in [4.78, 5) is 41.1. The molecule has 1 atom stereocenters. The number of nitrogens with zero attached hydrogens (tertiary/aromatic N) is 5. The Bertz CT molecular complexity index is 938. The van der Waals surface area contributed by atoms with Crippen LogP contribution in [0.1, 0.15) is 42.4 Å². The van der Waals surface area contributed by atoms with Crippen LogP contribution < -0.4 is 4.90 Å². The average molecular weight is 410 g/mol. The van der Waals surface area contributed by atoms with Gasteiger partial charge in [-0.1, -0.05) is 6.07 Å². The molecule has 0 aromatic carbocycles. The number of aromatic nitrogens is 2. The minimum Gasteiger partial charge on any atom is -0.355 e. The lowest BCUT2D eigenvalue weighted by Gasteiger charge is -2.27. The lowest BCUT2D eigenvalue weighted by atomic mass is 10.1. The maximum Gasteiger partial charge on any atom is 0.239 e. The number of hydrogen-bond donors (Lipinski definition) is 0. The minimum atomic E-state index is -0.113. The fraction of sp³-hybridized carbons (Fsp3) is 0.478. The Hall–Kier alpha value is -2.80. The molecular weight excluding hydrogens is 378 g/mol. The minimum absolute atomic E-state index is 0. The fourth-order valence-electron chi connectivity index (χ4n) is 4.39. The molecule has 0 spiro atoms. The van der Waals surface area contributed by atoms with Crippen molar-refractivity contribution in [3.8, 4) is 0 Å². The summed E-state index contributed by atoms with van der Waals surface area (Å²) in [5.74, 6) is 0.925. The highest BCUT2D eigenvalue weighted by molar-refractivity contribution is 6.08. The van der Waals surface area contributed by atoms with Crippen molar-refractivity contribution in [2.45, 2.75) is 32.2 Å². The Morgan fingerprint density at radius 2 is 1.90 bits per heavy atom. The third-order valence-corrected chi connectivity index (χ3v) is 6.16. The van der Waals surface area contributed by atoms with Crippen molar-refractivity contribution >= 4 is 17.5 Å². The van der Waals surface area contributed by atoms with E-state index >= 15 is 0 Å². The SMILES string of the molecule is Cc1ncccc1C(=O)c1cccc(N2CCCN(C(=O)C3CCCN3C)CC2)n1.[HH]. The monoisotopic (exact) mass is 409 g/mol. The molecule has 4 heterocycles. The van der Waals surface area contributed by atoms with Crippen molar-refractivity contribution in [3.05, 3.63) is 53.5 Å². The van der Waals surface area contributed by atoms with Gasteiger partial charge in [-0.2, -0.15) is 0 Å². The zero-order valence-corrected chi connectivity index (χ0v) is 17.8. The highest BCUT2D eigenvalue weighted by Crippen LogP contribution is 2.20. The van der Waals surface area contributed by atoms with Gasteiger partial charge in [0.25, 0.3) is 0 Å². The first-order valence-electron chi connectivity index (χ1n) is 10.7. The van der Waals surface area contributed by atoms with Gasteiger partial charge in [0.05, 0.1) is 6.04 Å². The highest BCUT2D eigenvalue weighted by Gasteiger charge is 2.32. The lowest BCUT2D eigenvalue weighted by molar-refractivity contribution is -0.135. The van der Waals surface area contributed by atoms with E-state index in [9.17, 15) is 9.59 Å². The van der Waals surface area contributed by atoms with Gasteiger partial charge in [0.1, 0.15) is 11.5 Å². The van der Waals surface area contributed by atoms with E-state index in [1.165, 1.54) is 0 Å². The zero-order chi connectivity index (χ0) is 21.1. The summed E-state index contributed by atoms with van der Waals surface area (Å²) >= 11 is 0. The lowest BCUT2D eigenvalue weighted by Crippen LogP contribution is -2.45. The second-order valence-corrected chi connectivity index (χ2v) is 8.15. The van der Waals surface area contributed by atoms with Crippen LogP contribution in [0.5, 0.6) is 0 Å². The molecule has 7 nitrogen and oxygen atoms in total. The van der Waals surface area contributed by atoms with Crippen LogP contribution in [0, 0.1) is 6.92 Å². The van der Waals surface area contributed by atoms with Gasteiger partial charge < -0.3 is 9.80 Å². The number of likely N-dealkylation sites (N-methyl/N-ethyl adjacent to an activating group) is 1. The Balaban J connectivity index is 0.00000272. The van der Waals surface area contributed by atoms with E-state index in [4.69, 9.17) is 0 Å². The Morgan fingerprint density at radius 3 is 2.67 bits per heavy atom. The van der Waals surface area contributed by atoms with Gasteiger partial charge in [-0.3, -0.25) is 19.5 Å². The summed E-state index contributed by atoms with van der Waals surface area (Å²) in [6.45, 7) is 5.83. The third kappa shape index (κ3) is 4.21. The van der Waals surface area contributed by atoms with Crippen molar-refractivity contribution in [3.63, 3.8) is 0 Å². The molecule has 2 aromatic rings. The second kappa shape index (κ2) is 8.92. The number of anilines is 1. The fourth-order valence-corrected chi connectivity index (χ4v) is 4.39. The van der Waals surface area contributed by atoms with Crippen molar-refractivity contribution in [2.24, 2.45) is 0 Å². The van der Waals surface area contributed by atoms with Gasteiger partial charge in [0, 0.05) is 45.1 Å². The Morgan fingerprint density at radius 1 is 1.03 bits per heavy atom. The molecule has 0 N–H and O–H groups in total. The molecule has 2 aromatic heterocycles. The van der Waals surface area contributed by atoms with E-state index in [2.05, 4.69) is 19.8 Å². The summed E-state index contributed by atoms with van der Waals surface area (Å²) in [5, 5.41) is 0. The summed E-state index contributed by atoms with van der Waals surface area (Å²) in [7, 11) is 2.04. The van der Waals surface area contributed by atoms with Gasteiger partial charge in [0.2, 0.25) is 11.7 Å². The van der Waals surface area contributed by atoms with Gasteiger partial charge in [-0.25, -0.2) is 4.98 Å². The van der Waals surface area contributed by atoms with Crippen LogP contribution in [0.4, 0.5) is 5.82 Å². The smallest absolute Gasteiger partial charge is 0.239 e. The Labute approximate surface area is 179 Å². The molecule has 0 saturated carbocycles. The molecule has 2 saturated heterocycles. The number of amides is 1. The van der Waals surface area contributed by atoms with Crippen LogP contribution in [0.3, 0.4) is 0 Å². The van der Waals surface area contributed by atoms with Crippen LogP contribution in [-0.2, 0) is 4.79 Å². The average Bonchev–Trinajstić information content (AvgIpc) is 3.04. The molecule has 0 radical (unpaired) electrons. The first kappa shape index (κ1) is 20.5. The predicted molar refractivity (Wildman–Crippen MR) is 118 cm³/mol. The molecule has 160 valence electrons. The number of hydrogen-bond acceptors (Lipinski definition) is 6. The van der Waals surface area contributed by atoms with Crippen molar-refractivity contribution < 1.29 is 11.0 Å². The molecule has 1 unspecified atom stereocenters. The van der Waals surface area contributed by atoms with E-state index in [1.54, 1.807) is 24.4 Å². The number of carbonyl (C=O) groups excluding carboxylic acids is 2. The maximum absolute atomic E-state index is 12.9. The van der Waals surface area contributed by atoms with E-state index in [-0.39, 0.29) is 19.2 Å². The summed E-state index contributed by atoms with van der Waals surface area (Å²) in [5.41, 5.74) is 1.71. The van der Waals surface area contributed by atoms with Crippen LogP contribution in [0.15, 0.2) is 36.5 Å². The van der Waals surface area contributed by atoms with E-state index < -0.39 is 0 Å². The molecule has 1 amide bonds. The number of ketones is 1. The molecular formula is C23H31N5O2. The molecule has 0 bridgehead atoms. The predicted octanol–water partition coefficient (Wildman–Crippen LogP) is 2.39. The third-order valence-electron chi connectivity index (χ3n) is 6.16. The highest BCUT2D eigenvalue weighted by atomic mass is 16.2. The van der Waals surface area contributed by atoms with Crippen molar-refractivity contribution in [1.82, 2.24) is 19.8 Å². The van der Waals surface area contributed by atoms with E-state index in [0.717, 1.165) is 51.3 Å². The topological polar surface area (TPSA) is 69.6 Å². The quantitative estimate of drug-likeness (QED) is 0.723. The van der Waals surface area contributed by atoms with E-state index in [0.29, 0.717) is 23.5 Å². The van der Waals surface area contributed by atoms with Crippen molar-refractivity contribution in [2.75, 3.05) is 44.7 Å². The number of aryl methyl sites for hydroxylation is 1. The number of pyridine rings is 2. The summed E-state index contributed by atoms with van der Waals surface area (Å²) in [6.07, 6.45) is 4.62. The summed E-state index contributed by atoms with van der Waals surface area (Å²) in [6, 6.07) is 9.15. The van der Waals surface area contributed by atoms with Gasteiger partial charge in [-0.15, -0.1) is 0 Å². The molecule has 7 heteroatoms. The maximum atomic E-state index is 12.9. The van der Waals surface area contributed by atoms with E-state index in [1.807, 2.05) is 31.0 Å². The molecule has 2 aliphatic rings. The number of likely N-dealkylation sites (tertiary alicyclic amines) is 1. The van der Waals surface area contributed by atoms with Crippen LogP contribution in [0.25, 0.3) is 0 Å². The summed E-state index contributed by atoms with van der Waals surface area (Å²) < 4.78 is 0. The van der Waals surface area contributed by atoms with Gasteiger partial charge in [-0.05, 0) is 64.0 Å². The van der Waals surface area contributed by atoms with Gasteiger partial charge in [0.15, 0.2) is 0 Å². The standard InChI is InChI=1S/C23H29N5O2.H2/c1-17-18(7-4-11-24-17)22(29)19-8-3-10-21(25-19)27-13-6-14-28(16-15-27)23(30)20-9-5-12-26(20)2;/h3-4,7-8,10-11,20H,5-6,9,12-16H2,1-2H3;1H. The normalized spacial score (nSPS) is 20.3. The van der Waals surface area contributed by atoms with Gasteiger partial charge >= 0.3 is 0 Å². The molecule has 2 fully saturated rings. The largest absolute Gasteiger partial charge is 0.355 e. The Kier molecular flexibility index (Phi) is 6.08. The molecule has 0 aliphatic carbocycles. The first-order chi connectivity index (χ1) is 14.5. The number of carbonyl (C=O) groups is 2. The molecule has 4 rings (SSSR count). The molecule has 30 heavy (non-hydrogen) atoms. The zero-order valence-electron chi connectivity index (χ0n) is 17.8.